The SMILES string of the molecule is CCCOc1ccc([C@@H]2[C@H]3C(=O)N(c4ccc([N+](=O)[O-])cc4)C(=O)[C@@H]3ON2c2ccccc2)cc1OC. The van der Waals surface area contributed by atoms with Crippen molar-refractivity contribution in [3.8, 4) is 11.5 Å². The quantitative estimate of drug-likeness (QED) is 0.252. The fraction of sp³-hybridized carbons (Fsp3) is 0.259. The number of nitro groups is 1. The predicted octanol–water partition coefficient (Wildman–Crippen LogP) is 4.44. The number of rotatable bonds is 8. The van der Waals surface area contributed by atoms with Crippen molar-refractivity contribution in [2.75, 3.05) is 23.7 Å². The van der Waals surface area contributed by atoms with Gasteiger partial charge in [0.2, 0.25) is 5.91 Å². The first kappa shape index (κ1) is 24.3. The van der Waals surface area contributed by atoms with E-state index in [4.69, 9.17) is 14.3 Å². The van der Waals surface area contributed by atoms with E-state index in [-0.39, 0.29) is 11.4 Å². The van der Waals surface area contributed by atoms with Crippen molar-refractivity contribution >= 4 is 28.9 Å². The van der Waals surface area contributed by atoms with Crippen LogP contribution in [0.3, 0.4) is 0 Å². The molecule has 0 spiro atoms. The third-order valence-electron chi connectivity index (χ3n) is 6.44. The molecule has 2 fully saturated rings. The van der Waals surface area contributed by atoms with E-state index < -0.39 is 34.8 Å². The Kier molecular flexibility index (Phi) is 6.49. The normalized spacial score (nSPS) is 20.8. The molecule has 190 valence electrons. The Bertz CT molecular complexity index is 1330. The highest BCUT2D eigenvalue weighted by molar-refractivity contribution is 6.24. The van der Waals surface area contributed by atoms with E-state index in [1.54, 1.807) is 24.3 Å². The molecule has 0 N–H and O–H groups in total. The molecule has 0 unspecified atom stereocenters. The van der Waals surface area contributed by atoms with Gasteiger partial charge in [-0.1, -0.05) is 31.2 Å². The molecular weight excluding hydrogens is 478 g/mol. The maximum atomic E-state index is 13.7. The first-order valence-corrected chi connectivity index (χ1v) is 11.9. The van der Waals surface area contributed by atoms with E-state index in [1.807, 2.05) is 43.3 Å². The van der Waals surface area contributed by atoms with Crippen molar-refractivity contribution in [3.05, 3.63) is 88.5 Å². The van der Waals surface area contributed by atoms with Gasteiger partial charge in [-0.05, 0) is 48.4 Å². The number of para-hydroxylation sites is 1. The third kappa shape index (κ3) is 4.25. The molecule has 3 atom stereocenters. The lowest BCUT2D eigenvalue weighted by atomic mass is 9.90. The second-order valence-corrected chi connectivity index (χ2v) is 8.70. The maximum Gasteiger partial charge on any atom is 0.269 e. The number of benzene rings is 3. The fourth-order valence-corrected chi connectivity index (χ4v) is 4.73. The van der Waals surface area contributed by atoms with Gasteiger partial charge in [0.15, 0.2) is 17.6 Å². The summed E-state index contributed by atoms with van der Waals surface area (Å²) in [4.78, 5) is 44.9. The number of hydroxylamine groups is 1. The Morgan fingerprint density at radius 3 is 2.32 bits per heavy atom. The highest BCUT2D eigenvalue weighted by atomic mass is 16.7. The van der Waals surface area contributed by atoms with Gasteiger partial charge >= 0.3 is 0 Å². The summed E-state index contributed by atoms with van der Waals surface area (Å²) in [7, 11) is 1.54. The van der Waals surface area contributed by atoms with Crippen LogP contribution in [0, 0.1) is 16.0 Å². The molecule has 0 aromatic heterocycles. The van der Waals surface area contributed by atoms with E-state index in [2.05, 4.69) is 0 Å². The van der Waals surface area contributed by atoms with Gasteiger partial charge in [-0.25, -0.2) is 9.96 Å². The Labute approximate surface area is 213 Å². The summed E-state index contributed by atoms with van der Waals surface area (Å²) in [5.41, 5.74) is 1.52. The van der Waals surface area contributed by atoms with Crippen LogP contribution >= 0.6 is 0 Å². The minimum absolute atomic E-state index is 0.134. The molecule has 2 aliphatic rings. The molecule has 2 saturated heterocycles. The summed E-state index contributed by atoms with van der Waals surface area (Å²) in [6, 6.07) is 19.3. The molecule has 10 nitrogen and oxygen atoms in total. The van der Waals surface area contributed by atoms with Crippen LogP contribution in [0.15, 0.2) is 72.8 Å². The van der Waals surface area contributed by atoms with Crippen molar-refractivity contribution in [1.82, 2.24) is 0 Å². The molecular formula is C27H25N3O7. The number of methoxy groups -OCH3 is 1. The van der Waals surface area contributed by atoms with Crippen molar-refractivity contribution < 1.29 is 28.8 Å². The smallest absolute Gasteiger partial charge is 0.269 e. The number of anilines is 2. The average Bonchev–Trinajstić information content (AvgIpc) is 3.43. The Morgan fingerprint density at radius 1 is 0.946 bits per heavy atom. The highest BCUT2D eigenvalue weighted by Crippen LogP contribution is 2.48. The van der Waals surface area contributed by atoms with Crippen molar-refractivity contribution in [3.63, 3.8) is 0 Å². The van der Waals surface area contributed by atoms with Gasteiger partial charge in [0, 0.05) is 12.1 Å². The lowest BCUT2D eigenvalue weighted by Crippen LogP contribution is -2.37. The molecule has 5 rings (SSSR count). The number of hydrogen-bond acceptors (Lipinski definition) is 8. The van der Waals surface area contributed by atoms with Gasteiger partial charge in [-0.2, -0.15) is 0 Å². The maximum absolute atomic E-state index is 13.7. The Hall–Kier alpha value is -4.44. The Morgan fingerprint density at radius 2 is 1.68 bits per heavy atom. The number of nitro benzene ring substituents is 1. The largest absolute Gasteiger partial charge is 0.493 e. The van der Waals surface area contributed by atoms with E-state index in [0.29, 0.717) is 29.4 Å². The number of imide groups is 1. The van der Waals surface area contributed by atoms with Gasteiger partial charge < -0.3 is 9.47 Å². The number of hydrogen-bond donors (Lipinski definition) is 0. The first-order valence-electron chi connectivity index (χ1n) is 11.9. The number of amides is 2. The molecule has 0 bridgehead atoms. The summed E-state index contributed by atoms with van der Waals surface area (Å²) in [5.74, 6) is -0.739. The summed E-state index contributed by atoms with van der Waals surface area (Å²) in [6.45, 7) is 2.54. The van der Waals surface area contributed by atoms with E-state index in [9.17, 15) is 19.7 Å². The van der Waals surface area contributed by atoms with E-state index in [1.165, 1.54) is 24.3 Å². The van der Waals surface area contributed by atoms with E-state index in [0.717, 1.165) is 11.3 Å². The van der Waals surface area contributed by atoms with Crippen molar-refractivity contribution in [2.45, 2.75) is 25.5 Å². The summed E-state index contributed by atoms with van der Waals surface area (Å²) in [5, 5.41) is 12.6. The van der Waals surface area contributed by atoms with Gasteiger partial charge in [0.25, 0.3) is 11.6 Å². The van der Waals surface area contributed by atoms with Gasteiger partial charge in [-0.15, -0.1) is 0 Å². The number of carbonyl (C=O) groups is 2. The van der Waals surface area contributed by atoms with Gasteiger partial charge in [0.05, 0.1) is 36.1 Å². The second-order valence-electron chi connectivity index (χ2n) is 8.70. The molecule has 0 saturated carbocycles. The average molecular weight is 504 g/mol. The topological polar surface area (TPSA) is 111 Å². The number of non-ortho nitro benzene ring substituents is 1. The van der Waals surface area contributed by atoms with Crippen LogP contribution in [0.1, 0.15) is 24.9 Å². The molecule has 2 heterocycles. The monoisotopic (exact) mass is 503 g/mol. The summed E-state index contributed by atoms with van der Waals surface area (Å²) < 4.78 is 11.3. The van der Waals surface area contributed by atoms with Crippen molar-refractivity contribution in [1.29, 1.82) is 0 Å². The molecule has 0 radical (unpaired) electrons. The highest BCUT2D eigenvalue weighted by Gasteiger charge is 2.60. The minimum Gasteiger partial charge on any atom is -0.493 e. The van der Waals surface area contributed by atoms with Crippen LogP contribution in [0.5, 0.6) is 11.5 Å². The Balaban J connectivity index is 1.55. The molecule has 3 aromatic carbocycles. The molecule has 0 aliphatic carbocycles. The van der Waals surface area contributed by atoms with Crippen molar-refractivity contribution in [2.24, 2.45) is 5.92 Å². The van der Waals surface area contributed by atoms with Crippen LogP contribution in [-0.2, 0) is 14.4 Å². The second kappa shape index (κ2) is 9.90. The van der Waals surface area contributed by atoms with Gasteiger partial charge in [-0.3, -0.25) is 24.5 Å². The van der Waals surface area contributed by atoms with Crippen LogP contribution in [0.25, 0.3) is 0 Å². The van der Waals surface area contributed by atoms with E-state index >= 15 is 0 Å². The van der Waals surface area contributed by atoms with Crippen LogP contribution in [0.4, 0.5) is 17.1 Å². The molecule has 2 amide bonds. The third-order valence-corrected chi connectivity index (χ3v) is 6.44. The van der Waals surface area contributed by atoms with Gasteiger partial charge in [0.1, 0.15) is 5.92 Å². The number of nitrogens with zero attached hydrogens (tertiary/aromatic N) is 3. The number of carbonyl (C=O) groups excluding carboxylic acids is 2. The lowest BCUT2D eigenvalue weighted by molar-refractivity contribution is -0.384. The standard InChI is InChI=1S/C27H25N3O7/c1-3-15-36-21-14-9-17(16-22(21)35-2)24-23-25(37-29(24)19-7-5-4-6-8-19)27(32)28(26(23)31)18-10-12-20(13-11-18)30(33)34/h4-14,16,23-25H,3,15H2,1-2H3/t23-,24-,25-/m1/s1. The zero-order valence-corrected chi connectivity index (χ0v) is 20.3. The van der Waals surface area contributed by atoms with Crippen LogP contribution in [-0.4, -0.2) is 36.6 Å². The first-order chi connectivity index (χ1) is 17.9. The van der Waals surface area contributed by atoms with Crippen LogP contribution < -0.4 is 19.4 Å². The van der Waals surface area contributed by atoms with Crippen LogP contribution in [0.2, 0.25) is 0 Å². The predicted molar refractivity (Wildman–Crippen MR) is 134 cm³/mol. The molecule has 2 aliphatic heterocycles. The molecule has 3 aromatic rings. The molecule has 37 heavy (non-hydrogen) atoms. The molecule has 10 heteroatoms. The summed E-state index contributed by atoms with van der Waals surface area (Å²) in [6.07, 6.45) is -0.225. The minimum atomic E-state index is -1.06. The zero-order chi connectivity index (χ0) is 26.1. The number of ether oxygens (including phenoxy) is 2. The fourth-order valence-electron chi connectivity index (χ4n) is 4.73. The number of fused-ring (bicyclic) bond motifs is 1. The zero-order valence-electron chi connectivity index (χ0n) is 20.3. The lowest BCUT2D eigenvalue weighted by Gasteiger charge is -2.29. The summed E-state index contributed by atoms with van der Waals surface area (Å²) >= 11 is 0.